The van der Waals surface area contributed by atoms with Crippen LogP contribution < -0.4 is 0 Å². The highest BCUT2D eigenvalue weighted by molar-refractivity contribution is 6.18. The largest absolute Gasteiger partial charge is 0.367 e. The van der Waals surface area contributed by atoms with Crippen molar-refractivity contribution in [3.63, 3.8) is 0 Å². The molecule has 3 nitrogen and oxygen atoms in total. The molecule has 1 saturated heterocycles. The lowest BCUT2D eigenvalue weighted by atomic mass is 10.1. The van der Waals surface area contributed by atoms with Crippen molar-refractivity contribution < 1.29 is 4.79 Å². The highest BCUT2D eigenvalue weighted by Gasteiger charge is 2.28. The van der Waals surface area contributed by atoms with E-state index in [0.717, 1.165) is 12.1 Å². The summed E-state index contributed by atoms with van der Waals surface area (Å²) in [4.78, 5) is 16.4. The molecule has 1 unspecified atom stereocenters. The first-order valence-corrected chi connectivity index (χ1v) is 5.28. The lowest BCUT2D eigenvalue weighted by Crippen LogP contribution is -2.24. The van der Waals surface area contributed by atoms with Gasteiger partial charge in [-0.15, -0.1) is 11.6 Å². The predicted octanol–water partition coefficient (Wildman–Crippen LogP) is 1.60. The van der Waals surface area contributed by atoms with E-state index in [9.17, 15) is 4.79 Å². The number of hydrogen-bond donors (Lipinski definition) is 1. The quantitative estimate of drug-likeness (QED) is 0.760. The number of amides is 1. The van der Waals surface area contributed by atoms with Gasteiger partial charge in [0.2, 0.25) is 5.91 Å². The van der Waals surface area contributed by atoms with Crippen LogP contribution in [0.15, 0.2) is 18.5 Å². The number of halogens is 1. The molecule has 2 heterocycles. The second-order valence-electron chi connectivity index (χ2n) is 3.72. The lowest BCUT2D eigenvalue weighted by molar-refractivity contribution is -0.128. The van der Waals surface area contributed by atoms with Crippen molar-refractivity contribution in [3.8, 4) is 0 Å². The van der Waals surface area contributed by atoms with Crippen molar-refractivity contribution >= 4 is 17.5 Å². The molecule has 1 atom stereocenters. The third-order valence-electron chi connectivity index (χ3n) is 2.55. The molecule has 76 valence electrons. The fourth-order valence-corrected chi connectivity index (χ4v) is 1.99. The number of carbonyl (C=O) groups is 1. The summed E-state index contributed by atoms with van der Waals surface area (Å²) >= 11 is 5.74. The Morgan fingerprint density at radius 2 is 2.50 bits per heavy atom. The number of carbonyl (C=O) groups excluding carboxylic acids is 1. The molecule has 1 amide bonds. The number of H-pyrrole nitrogens is 1. The molecule has 0 bridgehead atoms. The zero-order chi connectivity index (χ0) is 9.97. The smallest absolute Gasteiger partial charge is 0.223 e. The minimum Gasteiger partial charge on any atom is -0.367 e. The molecule has 1 aliphatic rings. The number of aromatic amines is 1. The van der Waals surface area contributed by atoms with Crippen molar-refractivity contribution in [2.24, 2.45) is 5.92 Å². The van der Waals surface area contributed by atoms with Crippen LogP contribution >= 0.6 is 11.6 Å². The van der Waals surface area contributed by atoms with Crippen molar-refractivity contribution in [1.82, 2.24) is 9.88 Å². The van der Waals surface area contributed by atoms with Gasteiger partial charge in [0.15, 0.2) is 0 Å². The van der Waals surface area contributed by atoms with E-state index in [4.69, 9.17) is 11.6 Å². The fraction of sp³-hybridized carbons (Fsp3) is 0.500. The molecule has 2 rings (SSSR count). The van der Waals surface area contributed by atoms with Crippen LogP contribution in [0.4, 0.5) is 0 Å². The van der Waals surface area contributed by atoms with Gasteiger partial charge in [0.1, 0.15) is 0 Å². The van der Waals surface area contributed by atoms with Crippen molar-refractivity contribution in [2.75, 3.05) is 12.4 Å². The molecular weight excluding hydrogens is 200 g/mol. The van der Waals surface area contributed by atoms with Crippen LogP contribution in [0.3, 0.4) is 0 Å². The van der Waals surface area contributed by atoms with Crippen molar-refractivity contribution in [3.05, 3.63) is 24.0 Å². The lowest BCUT2D eigenvalue weighted by Gasteiger charge is -2.14. The van der Waals surface area contributed by atoms with E-state index >= 15 is 0 Å². The molecule has 1 aliphatic heterocycles. The molecule has 1 N–H and O–H groups in total. The Hall–Kier alpha value is -0.960. The van der Waals surface area contributed by atoms with Gasteiger partial charge in [0.25, 0.3) is 0 Å². The van der Waals surface area contributed by atoms with E-state index in [1.54, 1.807) is 0 Å². The summed E-state index contributed by atoms with van der Waals surface area (Å²) in [6.45, 7) is 1.50. The van der Waals surface area contributed by atoms with E-state index < -0.39 is 0 Å². The second kappa shape index (κ2) is 4.05. The van der Waals surface area contributed by atoms with Crippen LogP contribution in [0.5, 0.6) is 0 Å². The molecule has 0 spiro atoms. The number of rotatable bonds is 3. The first-order valence-electron chi connectivity index (χ1n) is 4.75. The van der Waals surface area contributed by atoms with Crippen LogP contribution in [-0.2, 0) is 11.3 Å². The fourth-order valence-electron chi connectivity index (χ4n) is 1.79. The average Bonchev–Trinajstić information content (AvgIpc) is 2.78. The van der Waals surface area contributed by atoms with Gasteiger partial charge < -0.3 is 9.88 Å². The van der Waals surface area contributed by atoms with E-state index in [2.05, 4.69) is 4.98 Å². The highest BCUT2D eigenvalue weighted by atomic mass is 35.5. The number of nitrogens with one attached hydrogen (secondary N) is 1. The van der Waals surface area contributed by atoms with Gasteiger partial charge in [-0.1, -0.05) is 0 Å². The molecule has 0 aliphatic carbocycles. The number of hydrogen-bond acceptors (Lipinski definition) is 1. The topological polar surface area (TPSA) is 36.1 Å². The molecule has 1 aromatic heterocycles. The molecule has 0 saturated carbocycles. The summed E-state index contributed by atoms with van der Waals surface area (Å²) in [7, 11) is 0. The van der Waals surface area contributed by atoms with Gasteiger partial charge in [-0.25, -0.2) is 0 Å². The Labute approximate surface area is 88.0 Å². The maximum Gasteiger partial charge on any atom is 0.223 e. The molecule has 14 heavy (non-hydrogen) atoms. The average molecular weight is 213 g/mol. The van der Waals surface area contributed by atoms with Gasteiger partial charge in [-0.3, -0.25) is 4.79 Å². The summed E-state index contributed by atoms with van der Waals surface area (Å²) in [5.74, 6) is 1.13. The maximum absolute atomic E-state index is 11.5. The first kappa shape index (κ1) is 9.59. The summed E-state index contributed by atoms with van der Waals surface area (Å²) in [5, 5.41) is 0. The Morgan fingerprint density at radius 1 is 1.64 bits per heavy atom. The SMILES string of the molecule is O=C1CC(CCl)CN1Cc1cc[nH]c1. The maximum atomic E-state index is 11.5. The standard InChI is InChI=1S/C10H13ClN2O/c11-4-9-3-10(14)13(7-9)6-8-1-2-12-5-8/h1-2,5,9,12H,3-4,6-7H2. The zero-order valence-electron chi connectivity index (χ0n) is 7.87. The van der Waals surface area contributed by atoms with E-state index in [0.29, 0.717) is 24.8 Å². The molecule has 1 fully saturated rings. The third-order valence-corrected chi connectivity index (χ3v) is 2.99. The Kier molecular flexibility index (Phi) is 2.77. The van der Waals surface area contributed by atoms with Crippen LogP contribution in [-0.4, -0.2) is 28.2 Å². The molecular formula is C10H13ClN2O. The summed E-state index contributed by atoms with van der Waals surface area (Å²) in [5.41, 5.74) is 1.15. The van der Waals surface area contributed by atoms with E-state index in [1.165, 1.54) is 0 Å². The zero-order valence-corrected chi connectivity index (χ0v) is 8.63. The van der Waals surface area contributed by atoms with Gasteiger partial charge in [0, 0.05) is 37.8 Å². The van der Waals surface area contributed by atoms with Gasteiger partial charge >= 0.3 is 0 Å². The summed E-state index contributed by atoms with van der Waals surface area (Å²) in [6.07, 6.45) is 4.39. The third kappa shape index (κ3) is 1.93. The Balaban J connectivity index is 1.96. The number of alkyl halides is 1. The van der Waals surface area contributed by atoms with Gasteiger partial charge in [-0.05, 0) is 17.5 Å². The number of aromatic nitrogens is 1. The highest BCUT2D eigenvalue weighted by Crippen LogP contribution is 2.20. The summed E-state index contributed by atoms with van der Waals surface area (Å²) < 4.78 is 0. The molecule has 1 aromatic rings. The minimum absolute atomic E-state index is 0.219. The monoisotopic (exact) mass is 212 g/mol. The van der Waals surface area contributed by atoms with Crippen LogP contribution in [0.1, 0.15) is 12.0 Å². The van der Waals surface area contributed by atoms with E-state index in [-0.39, 0.29) is 5.91 Å². The van der Waals surface area contributed by atoms with Gasteiger partial charge in [0.05, 0.1) is 0 Å². The van der Waals surface area contributed by atoms with Crippen LogP contribution in [0.2, 0.25) is 0 Å². The summed E-state index contributed by atoms with van der Waals surface area (Å²) in [6, 6.07) is 1.99. The molecule has 0 radical (unpaired) electrons. The predicted molar refractivity (Wildman–Crippen MR) is 55.0 cm³/mol. The molecule has 0 aromatic carbocycles. The Bertz CT molecular complexity index is 310. The minimum atomic E-state index is 0.219. The normalized spacial score (nSPS) is 21.9. The number of likely N-dealkylation sites (tertiary alicyclic amines) is 1. The Morgan fingerprint density at radius 3 is 3.07 bits per heavy atom. The van der Waals surface area contributed by atoms with Crippen molar-refractivity contribution in [1.29, 1.82) is 0 Å². The first-order chi connectivity index (χ1) is 6.79. The second-order valence-corrected chi connectivity index (χ2v) is 4.03. The van der Waals surface area contributed by atoms with Crippen molar-refractivity contribution in [2.45, 2.75) is 13.0 Å². The number of nitrogens with zero attached hydrogens (tertiary/aromatic N) is 1. The van der Waals surface area contributed by atoms with E-state index in [1.807, 2.05) is 23.4 Å². The van der Waals surface area contributed by atoms with Crippen LogP contribution in [0.25, 0.3) is 0 Å². The van der Waals surface area contributed by atoms with Crippen LogP contribution in [0, 0.1) is 5.92 Å². The molecule has 4 heteroatoms. The van der Waals surface area contributed by atoms with Gasteiger partial charge in [-0.2, -0.15) is 0 Å².